The zero-order valence-corrected chi connectivity index (χ0v) is 15.8. The van der Waals surface area contributed by atoms with E-state index in [0.717, 1.165) is 5.56 Å². The molecule has 0 aliphatic carbocycles. The molecule has 0 aliphatic heterocycles. The molecule has 0 radical (unpaired) electrons. The van der Waals surface area contributed by atoms with Crippen molar-refractivity contribution >= 4 is 29.1 Å². The molecule has 28 heavy (non-hydrogen) atoms. The van der Waals surface area contributed by atoms with Crippen molar-refractivity contribution in [3.05, 3.63) is 77.2 Å². The molecule has 0 fully saturated rings. The molecule has 0 spiro atoms. The number of hydrogen-bond donors (Lipinski definition) is 2. The van der Waals surface area contributed by atoms with E-state index in [4.69, 9.17) is 4.74 Å². The van der Waals surface area contributed by atoms with Crippen molar-refractivity contribution in [1.82, 2.24) is 9.97 Å². The second kappa shape index (κ2) is 8.30. The van der Waals surface area contributed by atoms with Crippen LogP contribution in [-0.4, -0.2) is 29.0 Å². The average Bonchev–Trinajstić information content (AvgIpc) is 2.69. The number of benzene rings is 2. The highest BCUT2D eigenvalue weighted by Crippen LogP contribution is 2.21. The zero-order chi connectivity index (χ0) is 20.1. The molecule has 1 heterocycles. The first-order chi connectivity index (χ1) is 13.5. The lowest BCUT2D eigenvalue weighted by Gasteiger charge is -2.12. The van der Waals surface area contributed by atoms with E-state index < -0.39 is 5.97 Å². The molecule has 0 atom stereocenters. The largest absolute Gasteiger partial charge is 0.465 e. The first-order valence-corrected chi connectivity index (χ1v) is 8.64. The molecule has 7 heteroatoms. The highest BCUT2D eigenvalue weighted by Gasteiger charge is 2.14. The Balaban J connectivity index is 1.85. The third-order valence-electron chi connectivity index (χ3n) is 3.98. The van der Waals surface area contributed by atoms with Gasteiger partial charge >= 0.3 is 5.97 Å². The monoisotopic (exact) mass is 376 g/mol. The molecule has 0 saturated carbocycles. The normalized spacial score (nSPS) is 10.2. The highest BCUT2D eigenvalue weighted by molar-refractivity contribution is 6.03. The number of nitrogens with one attached hydrogen (secondary N) is 2. The number of methoxy groups -OCH3 is 1. The third-order valence-corrected chi connectivity index (χ3v) is 3.98. The van der Waals surface area contributed by atoms with E-state index in [1.54, 1.807) is 31.2 Å². The molecule has 0 saturated heterocycles. The van der Waals surface area contributed by atoms with Crippen LogP contribution in [0.25, 0.3) is 0 Å². The minimum atomic E-state index is -0.466. The lowest BCUT2D eigenvalue weighted by Crippen LogP contribution is -2.15. The van der Waals surface area contributed by atoms with Gasteiger partial charge in [-0.3, -0.25) is 4.79 Å². The van der Waals surface area contributed by atoms with E-state index in [1.807, 2.05) is 31.2 Å². The zero-order valence-electron chi connectivity index (χ0n) is 15.8. The first kappa shape index (κ1) is 19.0. The summed E-state index contributed by atoms with van der Waals surface area (Å²) in [5, 5.41) is 5.87. The Morgan fingerprint density at radius 1 is 0.964 bits per heavy atom. The Hall–Kier alpha value is -3.74. The van der Waals surface area contributed by atoms with Crippen LogP contribution in [0, 0.1) is 13.8 Å². The van der Waals surface area contributed by atoms with Gasteiger partial charge in [0.15, 0.2) is 0 Å². The van der Waals surface area contributed by atoms with Crippen molar-refractivity contribution in [2.24, 2.45) is 0 Å². The maximum Gasteiger partial charge on any atom is 0.339 e. The molecule has 3 rings (SSSR count). The second-order valence-corrected chi connectivity index (χ2v) is 6.17. The number of aryl methyl sites for hydroxylation is 2. The third kappa shape index (κ3) is 4.50. The summed E-state index contributed by atoms with van der Waals surface area (Å²) < 4.78 is 4.80. The van der Waals surface area contributed by atoms with Gasteiger partial charge in [-0.05, 0) is 38.1 Å². The summed E-state index contributed by atoms with van der Waals surface area (Å²) in [6.07, 6.45) is 0. The van der Waals surface area contributed by atoms with Crippen molar-refractivity contribution in [2.75, 3.05) is 17.7 Å². The lowest BCUT2D eigenvalue weighted by atomic mass is 10.2. The van der Waals surface area contributed by atoms with Gasteiger partial charge in [0.1, 0.15) is 17.3 Å². The van der Waals surface area contributed by atoms with Crippen LogP contribution in [0.15, 0.2) is 54.6 Å². The number of para-hydroxylation sites is 1. The van der Waals surface area contributed by atoms with Crippen molar-refractivity contribution < 1.29 is 14.3 Å². The molecule has 7 nitrogen and oxygen atoms in total. The van der Waals surface area contributed by atoms with Gasteiger partial charge in [0.25, 0.3) is 5.91 Å². The summed E-state index contributed by atoms with van der Waals surface area (Å²) in [5.41, 5.74) is 2.89. The molecule has 142 valence electrons. The average molecular weight is 376 g/mol. The smallest absolute Gasteiger partial charge is 0.339 e. The fourth-order valence-electron chi connectivity index (χ4n) is 2.60. The van der Waals surface area contributed by atoms with Crippen LogP contribution in [0.1, 0.15) is 32.2 Å². The van der Waals surface area contributed by atoms with Crippen molar-refractivity contribution in [2.45, 2.75) is 13.8 Å². The Labute approximate surface area is 162 Å². The summed E-state index contributed by atoms with van der Waals surface area (Å²) in [6, 6.07) is 15.9. The van der Waals surface area contributed by atoms with Crippen LogP contribution >= 0.6 is 0 Å². The molecule has 1 aromatic heterocycles. The van der Waals surface area contributed by atoms with Crippen molar-refractivity contribution in [3.63, 3.8) is 0 Å². The molecule has 2 N–H and O–H groups in total. The van der Waals surface area contributed by atoms with Crippen molar-refractivity contribution in [1.29, 1.82) is 0 Å². The summed E-state index contributed by atoms with van der Waals surface area (Å²) in [5.74, 6) is 0.0115. The van der Waals surface area contributed by atoms with E-state index in [1.165, 1.54) is 13.2 Å². The predicted octanol–water partition coefficient (Wildman–Crippen LogP) is 3.88. The Kier molecular flexibility index (Phi) is 5.64. The van der Waals surface area contributed by atoms with Gasteiger partial charge in [-0.1, -0.05) is 29.8 Å². The SMILES string of the molecule is COC(=O)c1ccccc1Nc1cc(C(=O)Nc2ccc(C)cc2)nc(C)n1. The Morgan fingerprint density at radius 2 is 1.68 bits per heavy atom. The predicted molar refractivity (Wildman–Crippen MR) is 107 cm³/mol. The second-order valence-electron chi connectivity index (χ2n) is 6.17. The van der Waals surface area contributed by atoms with E-state index >= 15 is 0 Å². The maximum atomic E-state index is 12.6. The fourth-order valence-corrected chi connectivity index (χ4v) is 2.60. The number of hydrogen-bond acceptors (Lipinski definition) is 6. The van der Waals surface area contributed by atoms with Gasteiger partial charge in [-0.2, -0.15) is 0 Å². The molecule has 2 aromatic carbocycles. The van der Waals surface area contributed by atoms with Crippen molar-refractivity contribution in [3.8, 4) is 0 Å². The highest BCUT2D eigenvalue weighted by atomic mass is 16.5. The maximum absolute atomic E-state index is 12.6. The molecular weight excluding hydrogens is 356 g/mol. The number of nitrogens with zero attached hydrogens (tertiary/aromatic N) is 2. The summed E-state index contributed by atoms with van der Waals surface area (Å²) >= 11 is 0. The number of carbonyl (C=O) groups excluding carboxylic acids is 2. The van der Waals surface area contributed by atoms with E-state index in [0.29, 0.717) is 28.6 Å². The van der Waals surface area contributed by atoms with Crippen LogP contribution in [0.3, 0.4) is 0 Å². The molecule has 0 bridgehead atoms. The number of aromatic nitrogens is 2. The standard InChI is InChI=1S/C21H20N4O3/c1-13-8-10-15(11-9-13)24-20(26)18-12-19(23-14(2)22-18)25-17-7-5-4-6-16(17)21(27)28-3/h4-12H,1-3H3,(H,24,26)(H,22,23,25). The van der Waals surface area contributed by atoms with Gasteiger partial charge in [0.05, 0.1) is 18.4 Å². The van der Waals surface area contributed by atoms with Crippen LogP contribution in [0.2, 0.25) is 0 Å². The van der Waals surface area contributed by atoms with Crippen LogP contribution in [0.5, 0.6) is 0 Å². The lowest BCUT2D eigenvalue weighted by molar-refractivity contribution is 0.0601. The number of anilines is 3. The van der Waals surface area contributed by atoms with E-state index in [-0.39, 0.29) is 11.6 Å². The minimum Gasteiger partial charge on any atom is -0.465 e. The molecule has 1 amide bonds. The first-order valence-electron chi connectivity index (χ1n) is 8.64. The van der Waals surface area contributed by atoms with E-state index in [2.05, 4.69) is 20.6 Å². The van der Waals surface area contributed by atoms with Gasteiger partial charge < -0.3 is 15.4 Å². The minimum absolute atomic E-state index is 0.214. The molecule has 3 aromatic rings. The number of rotatable bonds is 5. The van der Waals surface area contributed by atoms with Crippen LogP contribution in [0.4, 0.5) is 17.2 Å². The number of esters is 1. The molecule has 0 aliphatic rings. The fraction of sp³-hybridized carbons (Fsp3) is 0.143. The summed E-state index contributed by atoms with van der Waals surface area (Å²) in [4.78, 5) is 33.0. The number of ether oxygens (including phenoxy) is 1. The Morgan fingerprint density at radius 3 is 2.39 bits per heavy atom. The van der Waals surface area contributed by atoms with Crippen LogP contribution in [-0.2, 0) is 4.74 Å². The summed E-state index contributed by atoms with van der Waals surface area (Å²) in [6.45, 7) is 3.67. The van der Waals surface area contributed by atoms with Gasteiger partial charge in [0.2, 0.25) is 0 Å². The van der Waals surface area contributed by atoms with Gasteiger partial charge in [-0.25, -0.2) is 14.8 Å². The van der Waals surface area contributed by atoms with E-state index in [9.17, 15) is 9.59 Å². The quantitative estimate of drug-likeness (QED) is 0.657. The number of carbonyl (C=O) groups is 2. The van der Waals surface area contributed by atoms with Gasteiger partial charge in [-0.15, -0.1) is 0 Å². The number of amides is 1. The topological polar surface area (TPSA) is 93.2 Å². The molecule has 0 unspecified atom stereocenters. The Bertz CT molecular complexity index is 1020. The van der Waals surface area contributed by atoms with Crippen LogP contribution < -0.4 is 10.6 Å². The van der Waals surface area contributed by atoms with Gasteiger partial charge in [0, 0.05) is 11.8 Å². The molecular formula is C21H20N4O3. The summed E-state index contributed by atoms with van der Waals surface area (Å²) in [7, 11) is 1.32.